The summed E-state index contributed by atoms with van der Waals surface area (Å²) >= 11 is 0. The van der Waals surface area contributed by atoms with Gasteiger partial charge < -0.3 is 25.4 Å². The molecule has 0 spiro atoms. The molecule has 0 radical (unpaired) electrons. The predicted octanol–water partition coefficient (Wildman–Crippen LogP) is 2.75. The number of morpholine rings is 1. The van der Waals surface area contributed by atoms with Crippen molar-refractivity contribution in [2.75, 3.05) is 29.9 Å². The molecular weight excluding hydrogens is 458 g/mol. The fraction of sp³-hybridized carbons (Fsp3) is 0.308. The van der Waals surface area contributed by atoms with Gasteiger partial charge in [0.1, 0.15) is 11.9 Å². The van der Waals surface area contributed by atoms with Gasteiger partial charge >= 0.3 is 0 Å². The fourth-order valence-corrected chi connectivity index (χ4v) is 4.80. The molecule has 184 valence electrons. The Hall–Kier alpha value is -4.02. The van der Waals surface area contributed by atoms with Gasteiger partial charge in [0.2, 0.25) is 0 Å². The van der Waals surface area contributed by atoms with E-state index in [1.165, 1.54) is 0 Å². The van der Waals surface area contributed by atoms with Gasteiger partial charge in [-0.1, -0.05) is 6.07 Å². The van der Waals surface area contributed by atoms with Crippen LogP contribution < -0.4 is 15.5 Å². The number of anilines is 3. The SMILES string of the molecule is CC(C)(O)[C@@H]1CN(c2ccc(Nc3ccc(-c4cnc5cccnn45)c4c3C(=O)NC4)nc2)CCO1. The highest BCUT2D eigenvalue weighted by atomic mass is 16.5. The molecule has 2 aliphatic rings. The Labute approximate surface area is 207 Å². The molecule has 1 atom stereocenters. The monoisotopic (exact) mass is 485 g/mol. The summed E-state index contributed by atoms with van der Waals surface area (Å²) in [5.74, 6) is 0.510. The second-order valence-electron chi connectivity index (χ2n) is 9.62. The van der Waals surface area contributed by atoms with Crippen molar-refractivity contribution in [3.05, 3.63) is 66.1 Å². The van der Waals surface area contributed by atoms with E-state index in [2.05, 4.69) is 30.6 Å². The van der Waals surface area contributed by atoms with Crippen LogP contribution in [-0.2, 0) is 11.3 Å². The van der Waals surface area contributed by atoms with Crippen LogP contribution in [0.1, 0.15) is 29.8 Å². The highest BCUT2D eigenvalue weighted by molar-refractivity contribution is 6.06. The fourth-order valence-electron chi connectivity index (χ4n) is 4.80. The molecule has 1 saturated heterocycles. The van der Waals surface area contributed by atoms with E-state index >= 15 is 0 Å². The number of fused-ring (bicyclic) bond motifs is 2. The Balaban J connectivity index is 1.27. The second kappa shape index (κ2) is 8.58. The molecule has 5 heterocycles. The number of aromatic nitrogens is 4. The van der Waals surface area contributed by atoms with Crippen LogP contribution in [-0.4, -0.2) is 62.0 Å². The number of nitrogens with zero attached hydrogens (tertiary/aromatic N) is 5. The third kappa shape index (κ3) is 3.94. The first kappa shape index (κ1) is 22.4. The molecule has 1 aromatic carbocycles. The molecule has 10 nitrogen and oxygen atoms in total. The van der Waals surface area contributed by atoms with Gasteiger partial charge in [-0.15, -0.1) is 0 Å². The van der Waals surface area contributed by atoms with E-state index in [1.54, 1.807) is 37.0 Å². The number of carbonyl (C=O) groups excluding carboxylic acids is 1. The summed E-state index contributed by atoms with van der Waals surface area (Å²) in [5, 5.41) is 21.0. The standard InChI is InChI=1S/C26H27N7O3/c1-26(2,35)21-15-32(10-11-36-21)16-5-8-22(27-12-16)31-19-7-6-17(18-13-29-25(34)24(18)19)20-14-28-23-4-3-9-30-33(20)23/h3-9,12,14,21,35H,10-11,13,15H2,1-2H3,(H,27,31)(H,29,34)/t21-/m0/s1. The molecule has 6 rings (SSSR count). The molecule has 0 aliphatic carbocycles. The third-order valence-corrected chi connectivity index (χ3v) is 6.75. The zero-order chi connectivity index (χ0) is 24.9. The maximum absolute atomic E-state index is 12.8. The van der Waals surface area contributed by atoms with E-state index in [0.29, 0.717) is 36.8 Å². The van der Waals surface area contributed by atoms with Crippen LogP contribution in [0.3, 0.4) is 0 Å². The normalized spacial score (nSPS) is 17.8. The predicted molar refractivity (Wildman–Crippen MR) is 135 cm³/mol. The molecule has 36 heavy (non-hydrogen) atoms. The maximum atomic E-state index is 12.8. The zero-order valence-electron chi connectivity index (χ0n) is 20.1. The van der Waals surface area contributed by atoms with Crippen LogP contribution in [0, 0.1) is 0 Å². The van der Waals surface area contributed by atoms with E-state index in [1.807, 2.05) is 36.4 Å². The van der Waals surface area contributed by atoms with Gasteiger partial charge in [0.25, 0.3) is 5.91 Å². The van der Waals surface area contributed by atoms with E-state index in [-0.39, 0.29) is 12.0 Å². The first-order valence-electron chi connectivity index (χ1n) is 11.9. The van der Waals surface area contributed by atoms with Gasteiger partial charge in [-0.2, -0.15) is 5.10 Å². The summed E-state index contributed by atoms with van der Waals surface area (Å²) in [4.78, 5) is 24.0. The lowest BCUT2D eigenvalue weighted by molar-refractivity contribution is -0.0928. The van der Waals surface area contributed by atoms with Crippen LogP contribution in [0.25, 0.3) is 16.9 Å². The maximum Gasteiger partial charge on any atom is 0.254 e. The van der Waals surface area contributed by atoms with Gasteiger partial charge in [0, 0.05) is 31.4 Å². The van der Waals surface area contributed by atoms with Crippen molar-refractivity contribution in [1.29, 1.82) is 0 Å². The number of benzene rings is 1. The van der Waals surface area contributed by atoms with Gasteiger partial charge in [-0.3, -0.25) is 4.79 Å². The lowest BCUT2D eigenvalue weighted by Gasteiger charge is -2.39. The van der Waals surface area contributed by atoms with E-state index in [0.717, 1.165) is 34.7 Å². The van der Waals surface area contributed by atoms with Crippen LogP contribution in [0.4, 0.5) is 17.2 Å². The lowest BCUT2D eigenvalue weighted by atomic mass is 9.99. The second-order valence-corrected chi connectivity index (χ2v) is 9.62. The summed E-state index contributed by atoms with van der Waals surface area (Å²) in [5.41, 5.74) is 4.74. The molecule has 4 aromatic rings. The van der Waals surface area contributed by atoms with Crippen LogP contribution in [0.15, 0.2) is 55.0 Å². The Morgan fingerprint density at radius 3 is 2.86 bits per heavy atom. The number of imidazole rings is 1. The Morgan fingerprint density at radius 1 is 1.17 bits per heavy atom. The van der Waals surface area contributed by atoms with Gasteiger partial charge in [-0.05, 0) is 49.7 Å². The van der Waals surface area contributed by atoms with E-state index in [4.69, 9.17) is 4.74 Å². The van der Waals surface area contributed by atoms with Crippen molar-refractivity contribution in [2.24, 2.45) is 0 Å². The average Bonchev–Trinajstić information content (AvgIpc) is 3.49. The van der Waals surface area contributed by atoms with Crippen LogP contribution >= 0.6 is 0 Å². The highest BCUT2D eigenvalue weighted by Gasteiger charge is 2.33. The van der Waals surface area contributed by atoms with Crippen LogP contribution in [0.2, 0.25) is 0 Å². The Bertz CT molecular complexity index is 1440. The van der Waals surface area contributed by atoms with Crippen molar-refractivity contribution >= 4 is 28.7 Å². The Morgan fingerprint density at radius 2 is 2.06 bits per heavy atom. The number of rotatable bonds is 5. The molecule has 3 N–H and O–H groups in total. The molecule has 10 heteroatoms. The number of hydrogen-bond acceptors (Lipinski definition) is 8. The number of aliphatic hydroxyl groups is 1. The van der Waals surface area contributed by atoms with Crippen molar-refractivity contribution in [1.82, 2.24) is 24.9 Å². The molecule has 0 saturated carbocycles. The third-order valence-electron chi connectivity index (χ3n) is 6.75. The van der Waals surface area contributed by atoms with Crippen molar-refractivity contribution in [3.63, 3.8) is 0 Å². The van der Waals surface area contributed by atoms with Gasteiger partial charge in [0.15, 0.2) is 5.65 Å². The number of nitrogens with one attached hydrogen (secondary N) is 2. The topological polar surface area (TPSA) is 117 Å². The van der Waals surface area contributed by atoms with Crippen molar-refractivity contribution in [3.8, 4) is 11.3 Å². The van der Waals surface area contributed by atoms with E-state index < -0.39 is 5.60 Å². The molecule has 1 amide bonds. The minimum absolute atomic E-state index is 0.126. The molecule has 3 aromatic heterocycles. The minimum atomic E-state index is -0.917. The van der Waals surface area contributed by atoms with Crippen molar-refractivity contribution in [2.45, 2.75) is 32.1 Å². The Kier molecular flexibility index (Phi) is 5.35. The molecule has 2 aliphatic heterocycles. The first-order chi connectivity index (χ1) is 17.4. The summed E-state index contributed by atoms with van der Waals surface area (Å²) in [6.45, 7) is 5.82. The number of ether oxygens (including phenoxy) is 1. The number of carbonyl (C=O) groups is 1. The summed E-state index contributed by atoms with van der Waals surface area (Å²) in [6, 6.07) is 11.5. The molecule has 1 fully saturated rings. The van der Waals surface area contributed by atoms with Crippen molar-refractivity contribution < 1.29 is 14.6 Å². The number of hydrogen-bond donors (Lipinski definition) is 3. The highest BCUT2D eigenvalue weighted by Crippen LogP contribution is 2.35. The summed E-state index contributed by atoms with van der Waals surface area (Å²) < 4.78 is 7.52. The minimum Gasteiger partial charge on any atom is -0.388 e. The molecular formula is C26H27N7O3. The number of amides is 1. The number of pyridine rings is 1. The lowest BCUT2D eigenvalue weighted by Crippen LogP contribution is -2.52. The zero-order valence-corrected chi connectivity index (χ0v) is 20.1. The quantitative estimate of drug-likeness (QED) is 0.395. The summed E-state index contributed by atoms with van der Waals surface area (Å²) in [7, 11) is 0. The van der Waals surface area contributed by atoms with Crippen LogP contribution in [0.5, 0.6) is 0 Å². The molecule has 0 unspecified atom stereocenters. The summed E-state index contributed by atoms with van der Waals surface area (Å²) in [6.07, 6.45) is 5.02. The first-order valence-corrected chi connectivity index (χ1v) is 11.9. The molecule has 0 bridgehead atoms. The average molecular weight is 486 g/mol. The van der Waals surface area contributed by atoms with E-state index in [9.17, 15) is 9.90 Å². The van der Waals surface area contributed by atoms with Gasteiger partial charge in [-0.25, -0.2) is 14.5 Å². The van der Waals surface area contributed by atoms with Gasteiger partial charge in [0.05, 0.1) is 47.2 Å². The smallest absolute Gasteiger partial charge is 0.254 e. The largest absolute Gasteiger partial charge is 0.388 e.